The number of methoxy groups -OCH3 is 1. The lowest BCUT2D eigenvalue weighted by Gasteiger charge is -2.64. The number of carbonyl (C=O) groups is 1. The fourth-order valence-corrected chi connectivity index (χ4v) is 9.11. The number of rotatable bonds is 7. The van der Waals surface area contributed by atoms with Crippen LogP contribution in [-0.4, -0.2) is 49.6 Å². The van der Waals surface area contributed by atoms with Crippen LogP contribution in [0.1, 0.15) is 86.0 Å². The first-order chi connectivity index (χ1) is 15.7. The van der Waals surface area contributed by atoms with Crippen molar-refractivity contribution in [1.82, 2.24) is 5.32 Å². The molecule has 10 atom stereocenters. The van der Waals surface area contributed by atoms with Gasteiger partial charge in [-0.15, -0.1) is 12.4 Å². The molecule has 0 aliphatic heterocycles. The van der Waals surface area contributed by atoms with Crippen molar-refractivity contribution in [2.45, 2.75) is 104 Å². The maximum Gasteiger partial charge on any atom is 0.309 e. The Balaban J connectivity index is 0.00000324. The molecule has 4 saturated carbocycles. The van der Waals surface area contributed by atoms with Crippen molar-refractivity contribution < 1.29 is 19.4 Å². The molecular formula is C28H50ClNO4. The Bertz CT molecular complexity index is 704. The van der Waals surface area contributed by atoms with Crippen molar-refractivity contribution in [3.05, 3.63) is 0 Å². The molecule has 0 aromatic heterocycles. The lowest BCUT2D eigenvalue weighted by molar-refractivity contribution is -0.182. The molecule has 0 radical (unpaired) electrons. The van der Waals surface area contributed by atoms with Crippen LogP contribution >= 0.6 is 12.4 Å². The third kappa shape index (κ3) is 4.80. The average molecular weight is 500 g/mol. The van der Waals surface area contributed by atoms with Gasteiger partial charge in [0.1, 0.15) is 0 Å². The fourth-order valence-electron chi connectivity index (χ4n) is 9.11. The Labute approximate surface area is 213 Å². The van der Waals surface area contributed by atoms with E-state index in [0.717, 1.165) is 38.6 Å². The number of nitrogens with one attached hydrogen (secondary N) is 1. The van der Waals surface area contributed by atoms with E-state index in [2.05, 4.69) is 33.0 Å². The minimum atomic E-state index is -0.337. The molecule has 198 valence electrons. The number of hydrogen-bond donors (Lipinski definition) is 2. The maximum absolute atomic E-state index is 12.8. The first kappa shape index (κ1) is 28.2. The lowest BCUT2D eigenvalue weighted by atomic mass is 9.43. The summed E-state index contributed by atoms with van der Waals surface area (Å²) in [5, 5.41) is 14.9. The van der Waals surface area contributed by atoms with Crippen LogP contribution in [0.25, 0.3) is 0 Å². The van der Waals surface area contributed by atoms with Crippen molar-refractivity contribution in [2.24, 2.45) is 46.3 Å². The predicted octanol–water partition coefficient (Wildman–Crippen LogP) is 5.23. The number of fused-ring (bicyclic) bond motifs is 5. The van der Waals surface area contributed by atoms with Gasteiger partial charge >= 0.3 is 5.97 Å². The van der Waals surface area contributed by atoms with Gasteiger partial charge in [0.05, 0.1) is 25.2 Å². The van der Waals surface area contributed by atoms with E-state index in [4.69, 9.17) is 9.47 Å². The lowest BCUT2D eigenvalue weighted by Crippen LogP contribution is -2.64. The van der Waals surface area contributed by atoms with Gasteiger partial charge in [0, 0.05) is 12.6 Å². The van der Waals surface area contributed by atoms with E-state index >= 15 is 0 Å². The molecule has 0 amide bonds. The van der Waals surface area contributed by atoms with Crippen molar-refractivity contribution in [2.75, 3.05) is 20.3 Å². The summed E-state index contributed by atoms with van der Waals surface area (Å²) in [6.07, 6.45) is 8.22. The van der Waals surface area contributed by atoms with Crippen LogP contribution in [0, 0.1) is 46.3 Å². The smallest absolute Gasteiger partial charge is 0.309 e. The second kappa shape index (κ2) is 10.9. The van der Waals surface area contributed by atoms with Gasteiger partial charge in [-0.05, 0) is 105 Å². The van der Waals surface area contributed by atoms with Gasteiger partial charge in [-0.2, -0.15) is 0 Å². The SMILES string of the molecule is CCO[C@H]1C[C@@]2(C)[C@@H](CC[C@@H]3[C@@H]2[C@H](NCCC(C)C)C[C@]2(C)[C@@H](C(=O)OC)CC[C@@H]32)C[C@@H]1O.Cl. The molecule has 4 rings (SSSR count). The summed E-state index contributed by atoms with van der Waals surface area (Å²) in [4.78, 5) is 12.8. The zero-order valence-electron chi connectivity index (χ0n) is 22.3. The van der Waals surface area contributed by atoms with Crippen molar-refractivity contribution >= 4 is 18.4 Å². The van der Waals surface area contributed by atoms with E-state index in [1.807, 2.05) is 6.92 Å². The molecule has 0 aromatic carbocycles. The van der Waals surface area contributed by atoms with E-state index in [1.54, 1.807) is 7.11 Å². The highest BCUT2D eigenvalue weighted by Gasteiger charge is 2.65. The van der Waals surface area contributed by atoms with Crippen LogP contribution in [0.4, 0.5) is 0 Å². The Kier molecular flexibility index (Phi) is 9.08. The third-order valence-electron chi connectivity index (χ3n) is 10.6. The topological polar surface area (TPSA) is 67.8 Å². The average Bonchev–Trinajstić information content (AvgIpc) is 3.10. The van der Waals surface area contributed by atoms with Gasteiger partial charge in [-0.3, -0.25) is 4.79 Å². The molecule has 0 unspecified atom stereocenters. The summed E-state index contributed by atoms with van der Waals surface area (Å²) in [6.45, 7) is 13.2. The molecule has 2 N–H and O–H groups in total. The number of aliphatic hydroxyl groups is 1. The second-order valence-electron chi connectivity index (χ2n) is 12.7. The predicted molar refractivity (Wildman–Crippen MR) is 138 cm³/mol. The summed E-state index contributed by atoms with van der Waals surface area (Å²) in [7, 11) is 1.55. The Morgan fingerprint density at radius 3 is 2.50 bits per heavy atom. The fraction of sp³-hybridized carbons (Fsp3) is 0.964. The van der Waals surface area contributed by atoms with Crippen LogP contribution in [0.5, 0.6) is 0 Å². The number of ether oxygens (including phenoxy) is 2. The molecule has 4 aliphatic rings. The largest absolute Gasteiger partial charge is 0.469 e. The van der Waals surface area contributed by atoms with E-state index in [0.29, 0.717) is 42.2 Å². The van der Waals surface area contributed by atoms with Gasteiger partial charge in [0.25, 0.3) is 0 Å². The molecule has 0 spiro atoms. The van der Waals surface area contributed by atoms with Crippen LogP contribution < -0.4 is 5.32 Å². The molecule has 4 fully saturated rings. The van der Waals surface area contributed by atoms with Crippen LogP contribution in [0.15, 0.2) is 0 Å². The van der Waals surface area contributed by atoms with Crippen molar-refractivity contribution in [1.29, 1.82) is 0 Å². The van der Waals surface area contributed by atoms with Crippen LogP contribution in [0.3, 0.4) is 0 Å². The molecule has 0 bridgehead atoms. The van der Waals surface area contributed by atoms with Gasteiger partial charge in [-0.25, -0.2) is 0 Å². The van der Waals surface area contributed by atoms with Crippen LogP contribution in [0.2, 0.25) is 0 Å². The molecular weight excluding hydrogens is 450 g/mol. The molecule has 0 saturated heterocycles. The van der Waals surface area contributed by atoms with E-state index < -0.39 is 0 Å². The highest BCUT2D eigenvalue weighted by Crippen LogP contribution is 2.67. The summed E-state index contributed by atoms with van der Waals surface area (Å²) < 4.78 is 11.4. The van der Waals surface area contributed by atoms with Gasteiger partial charge in [0.15, 0.2) is 0 Å². The molecule has 0 heterocycles. The first-order valence-electron chi connectivity index (χ1n) is 13.8. The Morgan fingerprint density at radius 1 is 1.12 bits per heavy atom. The van der Waals surface area contributed by atoms with E-state index in [9.17, 15) is 9.90 Å². The van der Waals surface area contributed by atoms with Crippen molar-refractivity contribution in [3.8, 4) is 0 Å². The minimum Gasteiger partial charge on any atom is -0.469 e. The first-order valence-corrected chi connectivity index (χ1v) is 13.8. The molecule has 5 nitrogen and oxygen atoms in total. The minimum absolute atomic E-state index is 0. The summed E-state index contributed by atoms with van der Waals surface area (Å²) >= 11 is 0. The Morgan fingerprint density at radius 2 is 1.85 bits per heavy atom. The van der Waals surface area contributed by atoms with Crippen LogP contribution in [-0.2, 0) is 14.3 Å². The zero-order chi connectivity index (χ0) is 24.0. The summed E-state index contributed by atoms with van der Waals surface area (Å²) in [6, 6.07) is 0.408. The monoisotopic (exact) mass is 499 g/mol. The number of esters is 1. The molecule has 0 aromatic rings. The number of hydrogen-bond acceptors (Lipinski definition) is 5. The van der Waals surface area contributed by atoms with Gasteiger partial charge in [0.2, 0.25) is 0 Å². The Hall–Kier alpha value is -0.360. The van der Waals surface area contributed by atoms with Gasteiger partial charge in [-0.1, -0.05) is 27.7 Å². The zero-order valence-corrected chi connectivity index (χ0v) is 23.2. The highest BCUT2D eigenvalue weighted by molar-refractivity contribution is 5.85. The number of halogens is 1. The van der Waals surface area contributed by atoms with E-state index in [-0.39, 0.29) is 47.3 Å². The number of carbonyl (C=O) groups excluding carboxylic acids is 1. The third-order valence-corrected chi connectivity index (χ3v) is 10.6. The number of aliphatic hydroxyl groups excluding tert-OH is 1. The van der Waals surface area contributed by atoms with E-state index in [1.165, 1.54) is 19.3 Å². The summed E-state index contributed by atoms with van der Waals surface area (Å²) in [5.74, 6) is 3.06. The quantitative estimate of drug-likeness (QED) is 0.469. The summed E-state index contributed by atoms with van der Waals surface area (Å²) in [5.41, 5.74) is 0.183. The molecule has 6 heteroatoms. The van der Waals surface area contributed by atoms with Gasteiger partial charge < -0.3 is 19.9 Å². The highest BCUT2D eigenvalue weighted by atomic mass is 35.5. The standard InChI is InChI=1S/C28H49NO4.ClH/c1-7-33-24-16-27(4)18(14-23(24)30)8-9-19-20-10-11-21(26(31)32-6)28(20,5)15-22(25(19)27)29-13-12-17(2)3;/h17-25,29-30H,7-16H2,1-6H3;1H/t18-,19-,20-,21+,22+,23-,24-,25+,27-,28-;/m0./s1. The second-order valence-corrected chi connectivity index (χ2v) is 12.7. The van der Waals surface area contributed by atoms with Crippen molar-refractivity contribution in [3.63, 3.8) is 0 Å². The molecule has 34 heavy (non-hydrogen) atoms. The maximum atomic E-state index is 12.8. The normalized spacial score (nSPS) is 45.6. The molecule has 4 aliphatic carbocycles.